The van der Waals surface area contributed by atoms with Crippen LogP contribution in [0.4, 0.5) is 16.0 Å². The number of nitrogens with one attached hydrogen (secondary N) is 2. The fourth-order valence-electron chi connectivity index (χ4n) is 2.38. The zero-order valence-electron chi connectivity index (χ0n) is 14.3. The molecule has 0 fully saturated rings. The Morgan fingerprint density at radius 1 is 0.800 bits per heavy atom. The molecule has 0 saturated heterocycles. The van der Waals surface area contributed by atoms with Crippen molar-refractivity contribution in [3.05, 3.63) is 40.3 Å². The minimum absolute atomic E-state index is 0.856. The van der Waals surface area contributed by atoms with Crippen molar-refractivity contribution in [3.8, 4) is 0 Å². The molecule has 25 heavy (non-hydrogen) atoms. The smallest absolute Gasteiger partial charge is 0.205 e. The third kappa shape index (κ3) is 4.86. The van der Waals surface area contributed by atoms with Gasteiger partial charge < -0.3 is 15.5 Å². The van der Waals surface area contributed by atoms with Crippen molar-refractivity contribution < 1.29 is 0 Å². The molecule has 0 spiro atoms. The van der Waals surface area contributed by atoms with Gasteiger partial charge in [0, 0.05) is 45.7 Å². The summed E-state index contributed by atoms with van der Waals surface area (Å²) in [6.07, 6.45) is 1.73. The summed E-state index contributed by atoms with van der Waals surface area (Å²) in [6, 6.07) is 10.4. The predicted octanol–water partition coefficient (Wildman–Crippen LogP) is 2.76. The van der Waals surface area contributed by atoms with E-state index in [1.54, 1.807) is 22.7 Å². The highest BCUT2D eigenvalue weighted by molar-refractivity contribution is 7.15. The van der Waals surface area contributed by atoms with E-state index in [0.717, 1.165) is 46.2 Å². The van der Waals surface area contributed by atoms with Crippen LogP contribution in [0.1, 0.15) is 10.0 Å². The molecule has 1 aromatic carbocycles. The maximum atomic E-state index is 4.24. The number of anilines is 3. The van der Waals surface area contributed by atoms with Gasteiger partial charge >= 0.3 is 0 Å². The second kappa shape index (κ2) is 8.72. The highest BCUT2D eigenvalue weighted by Gasteiger charge is 2.11. The Morgan fingerprint density at radius 3 is 1.76 bits per heavy atom. The van der Waals surface area contributed by atoms with Crippen LogP contribution in [0.2, 0.25) is 0 Å². The summed E-state index contributed by atoms with van der Waals surface area (Å²) in [5.74, 6) is 0. The van der Waals surface area contributed by atoms with Crippen molar-refractivity contribution in [1.29, 1.82) is 0 Å². The zero-order chi connectivity index (χ0) is 17.5. The Hall–Kier alpha value is -2.26. The molecule has 7 nitrogen and oxygen atoms in total. The van der Waals surface area contributed by atoms with Crippen LogP contribution < -0.4 is 15.5 Å². The SMILES string of the molecule is CNc1nnc(CCN(CCc2nnc(NC)s2)c2ccccc2)s1. The fraction of sp³-hybridized carbons (Fsp3) is 0.375. The highest BCUT2D eigenvalue weighted by atomic mass is 32.1. The molecule has 3 aromatic rings. The molecule has 2 heterocycles. The minimum atomic E-state index is 0.856. The van der Waals surface area contributed by atoms with Crippen LogP contribution in [0, 0.1) is 0 Å². The molecular formula is C16H21N7S2. The van der Waals surface area contributed by atoms with E-state index in [1.165, 1.54) is 5.69 Å². The van der Waals surface area contributed by atoms with Gasteiger partial charge in [-0.15, -0.1) is 20.4 Å². The van der Waals surface area contributed by atoms with Gasteiger partial charge in [-0.25, -0.2) is 0 Å². The summed E-state index contributed by atoms with van der Waals surface area (Å²) in [5, 5.41) is 26.5. The third-order valence-corrected chi connectivity index (χ3v) is 5.67. The van der Waals surface area contributed by atoms with Crippen molar-refractivity contribution in [2.45, 2.75) is 12.8 Å². The molecule has 3 rings (SSSR count). The molecule has 2 N–H and O–H groups in total. The number of benzene rings is 1. The Bertz CT molecular complexity index is 725. The predicted molar refractivity (Wildman–Crippen MR) is 105 cm³/mol. The Kier molecular flexibility index (Phi) is 6.13. The molecule has 0 aliphatic rings. The minimum Gasteiger partial charge on any atom is -0.371 e. The molecule has 0 aliphatic heterocycles. The first kappa shape index (κ1) is 17.6. The van der Waals surface area contributed by atoms with Crippen LogP contribution >= 0.6 is 22.7 Å². The van der Waals surface area contributed by atoms with E-state index in [4.69, 9.17) is 0 Å². The van der Waals surface area contributed by atoms with Gasteiger partial charge in [-0.3, -0.25) is 0 Å². The van der Waals surface area contributed by atoms with E-state index in [-0.39, 0.29) is 0 Å². The molecule has 0 unspecified atom stereocenters. The van der Waals surface area contributed by atoms with Gasteiger partial charge in [-0.1, -0.05) is 40.9 Å². The van der Waals surface area contributed by atoms with Crippen LogP contribution in [-0.4, -0.2) is 47.6 Å². The van der Waals surface area contributed by atoms with E-state index in [9.17, 15) is 0 Å². The van der Waals surface area contributed by atoms with Gasteiger partial charge in [0.15, 0.2) is 0 Å². The maximum absolute atomic E-state index is 4.24. The standard InChI is InChI=1S/C16H21N7S2/c1-17-15-21-19-13(24-15)8-10-23(12-6-4-3-5-7-12)11-9-14-20-22-16(18-2)25-14/h3-7H,8-11H2,1-2H3,(H,17,21)(H,18,22). The lowest BCUT2D eigenvalue weighted by molar-refractivity contribution is 0.755. The van der Waals surface area contributed by atoms with Crippen molar-refractivity contribution in [1.82, 2.24) is 20.4 Å². The average Bonchev–Trinajstić information content (AvgIpc) is 3.31. The molecule has 0 saturated carbocycles. The van der Waals surface area contributed by atoms with Crippen molar-refractivity contribution in [2.75, 3.05) is 42.7 Å². The van der Waals surface area contributed by atoms with Crippen molar-refractivity contribution >= 4 is 38.6 Å². The quantitative estimate of drug-likeness (QED) is 0.595. The summed E-state index contributed by atoms with van der Waals surface area (Å²) in [7, 11) is 3.73. The zero-order valence-corrected chi connectivity index (χ0v) is 15.9. The Morgan fingerprint density at radius 2 is 1.32 bits per heavy atom. The molecule has 0 radical (unpaired) electrons. The number of rotatable bonds is 9. The van der Waals surface area contributed by atoms with Gasteiger partial charge in [0.2, 0.25) is 10.3 Å². The van der Waals surface area contributed by atoms with Gasteiger partial charge in [0.05, 0.1) is 0 Å². The van der Waals surface area contributed by atoms with Gasteiger partial charge in [0.25, 0.3) is 0 Å². The topological polar surface area (TPSA) is 78.9 Å². The molecule has 0 bridgehead atoms. The first-order valence-corrected chi connectivity index (χ1v) is 9.72. The average molecular weight is 376 g/mol. The van der Waals surface area contributed by atoms with E-state index >= 15 is 0 Å². The monoisotopic (exact) mass is 375 g/mol. The van der Waals surface area contributed by atoms with Crippen LogP contribution in [0.15, 0.2) is 30.3 Å². The van der Waals surface area contributed by atoms with Crippen LogP contribution in [0.5, 0.6) is 0 Å². The second-order valence-corrected chi connectivity index (χ2v) is 7.45. The van der Waals surface area contributed by atoms with Gasteiger partial charge in [-0.05, 0) is 12.1 Å². The normalized spacial score (nSPS) is 10.6. The summed E-state index contributed by atoms with van der Waals surface area (Å²) in [4.78, 5) is 2.36. The molecule has 9 heteroatoms. The van der Waals surface area contributed by atoms with Crippen molar-refractivity contribution in [3.63, 3.8) is 0 Å². The molecule has 2 aromatic heterocycles. The van der Waals surface area contributed by atoms with E-state index in [1.807, 2.05) is 20.2 Å². The first-order valence-electron chi connectivity index (χ1n) is 8.08. The number of para-hydroxylation sites is 1. The summed E-state index contributed by atoms with van der Waals surface area (Å²) in [6.45, 7) is 1.78. The first-order chi connectivity index (χ1) is 12.3. The van der Waals surface area contributed by atoms with Crippen LogP contribution in [0.3, 0.4) is 0 Å². The lowest BCUT2D eigenvalue weighted by Gasteiger charge is -2.24. The van der Waals surface area contributed by atoms with Gasteiger partial charge in [0.1, 0.15) is 10.0 Å². The molecule has 132 valence electrons. The van der Waals surface area contributed by atoms with E-state index in [2.05, 4.69) is 60.2 Å². The number of nitrogens with zero attached hydrogens (tertiary/aromatic N) is 5. The fourth-order valence-corrected chi connectivity index (χ4v) is 3.75. The van der Waals surface area contributed by atoms with Crippen molar-refractivity contribution in [2.24, 2.45) is 0 Å². The number of aromatic nitrogens is 4. The number of hydrogen-bond acceptors (Lipinski definition) is 9. The third-order valence-electron chi connectivity index (χ3n) is 3.67. The molecule has 0 atom stereocenters. The van der Waals surface area contributed by atoms with E-state index in [0.29, 0.717) is 0 Å². The van der Waals surface area contributed by atoms with Gasteiger partial charge in [-0.2, -0.15) is 0 Å². The second-order valence-electron chi connectivity index (χ2n) is 5.32. The largest absolute Gasteiger partial charge is 0.371 e. The molecule has 0 aliphatic carbocycles. The molecular weight excluding hydrogens is 354 g/mol. The maximum Gasteiger partial charge on any atom is 0.205 e. The lowest BCUT2D eigenvalue weighted by atomic mass is 10.2. The van der Waals surface area contributed by atoms with Crippen LogP contribution in [-0.2, 0) is 12.8 Å². The Labute approximate surface area is 155 Å². The number of hydrogen-bond donors (Lipinski definition) is 2. The summed E-state index contributed by atoms with van der Waals surface area (Å²) >= 11 is 3.20. The highest BCUT2D eigenvalue weighted by Crippen LogP contribution is 2.20. The van der Waals surface area contributed by atoms with Crippen LogP contribution in [0.25, 0.3) is 0 Å². The summed E-state index contributed by atoms with van der Waals surface area (Å²) in [5.41, 5.74) is 1.21. The summed E-state index contributed by atoms with van der Waals surface area (Å²) < 4.78 is 0. The Balaban J connectivity index is 1.64. The molecule has 0 amide bonds. The van der Waals surface area contributed by atoms with E-state index < -0.39 is 0 Å². The lowest BCUT2D eigenvalue weighted by Crippen LogP contribution is -2.28.